The van der Waals surface area contributed by atoms with Gasteiger partial charge in [-0.1, -0.05) is 46.3 Å². The van der Waals surface area contributed by atoms with Crippen molar-refractivity contribution in [3.63, 3.8) is 0 Å². The van der Waals surface area contributed by atoms with Crippen molar-refractivity contribution in [2.24, 2.45) is 12.0 Å². The van der Waals surface area contributed by atoms with Gasteiger partial charge in [0.05, 0.1) is 26.4 Å². The van der Waals surface area contributed by atoms with Gasteiger partial charge in [0.1, 0.15) is 0 Å². The first-order chi connectivity index (χ1) is 11.8. The van der Waals surface area contributed by atoms with Crippen LogP contribution in [0.4, 0.5) is 0 Å². The van der Waals surface area contributed by atoms with Gasteiger partial charge < -0.3 is 4.57 Å². The summed E-state index contributed by atoms with van der Waals surface area (Å²) in [5.41, 5.74) is 1.05. The first-order valence-corrected chi connectivity index (χ1v) is 10.8. The third kappa shape index (κ3) is 3.47. The molecule has 0 spiro atoms. The van der Waals surface area contributed by atoms with E-state index in [1.54, 1.807) is 19.1 Å². The number of carbonyl (C=O) groups is 1. The minimum absolute atomic E-state index is 0.0257. The van der Waals surface area contributed by atoms with E-state index in [1.165, 1.54) is 23.5 Å². The van der Waals surface area contributed by atoms with Crippen LogP contribution in [0.2, 0.25) is 0 Å². The van der Waals surface area contributed by atoms with Crippen molar-refractivity contribution in [1.82, 2.24) is 4.57 Å². The number of hydrogen-bond acceptors (Lipinski definition) is 4. The van der Waals surface area contributed by atoms with Gasteiger partial charge in [-0.05, 0) is 30.3 Å². The second-order valence-corrected chi connectivity index (χ2v) is 9.54. The third-order valence-corrected chi connectivity index (χ3v) is 7.18. The first kappa shape index (κ1) is 18.0. The van der Waals surface area contributed by atoms with Crippen molar-refractivity contribution >= 4 is 53.2 Å². The highest BCUT2D eigenvalue weighted by molar-refractivity contribution is 9.10. The summed E-state index contributed by atoms with van der Waals surface area (Å²) in [6.45, 7) is 1.55. The summed E-state index contributed by atoms with van der Waals surface area (Å²) >= 11 is 4.80. The Morgan fingerprint density at radius 2 is 1.96 bits per heavy atom. The van der Waals surface area contributed by atoms with Gasteiger partial charge in [-0.15, -0.1) is 0 Å². The van der Waals surface area contributed by atoms with E-state index in [0.29, 0.717) is 4.80 Å². The zero-order valence-corrected chi connectivity index (χ0v) is 16.8. The number of aromatic nitrogens is 1. The van der Waals surface area contributed by atoms with Crippen molar-refractivity contribution in [2.45, 2.75) is 11.8 Å². The molecule has 0 fully saturated rings. The molecule has 0 atom stereocenters. The van der Waals surface area contributed by atoms with Gasteiger partial charge in [0.25, 0.3) is 5.91 Å². The van der Waals surface area contributed by atoms with E-state index in [4.69, 9.17) is 0 Å². The molecule has 0 N–H and O–H groups in total. The van der Waals surface area contributed by atoms with Gasteiger partial charge in [-0.2, -0.15) is 4.99 Å². The Hall–Kier alpha value is -1.77. The molecule has 0 aliphatic carbocycles. The fraction of sp³-hybridized carbons (Fsp3) is 0.176. The van der Waals surface area contributed by atoms with Crippen LogP contribution in [0, 0.1) is 0 Å². The number of fused-ring (bicyclic) bond motifs is 1. The fourth-order valence-electron chi connectivity index (χ4n) is 2.43. The Kier molecular flexibility index (Phi) is 4.95. The Balaban J connectivity index is 2.16. The molecule has 8 heteroatoms. The number of sulfone groups is 1. The molecule has 3 aromatic rings. The first-order valence-electron chi connectivity index (χ1n) is 7.49. The lowest BCUT2D eigenvalue weighted by molar-refractivity contribution is 0.0995. The molecule has 1 aromatic heterocycles. The lowest BCUT2D eigenvalue weighted by atomic mass is 10.2. The Morgan fingerprint density at radius 3 is 2.68 bits per heavy atom. The van der Waals surface area contributed by atoms with E-state index in [2.05, 4.69) is 20.9 Å². The van der Waals surface area contributed by atoms with E-state index in [9.17, 15) is 13.2 Å². The smallest absolute Gasteiger partial charge is 0.280 e. The molecule has 0 aliphatic heterocycles. The average molecular weight is 439 g/mol. The van der Waals surface area contributed by atoms with Crippen LogP contribution in [0.25, 0.3) is 10.2 Å². The summed E-state index contributed by atoms with van der Waals surface area (Å²) in [5, 5.41) is 0. The number of hydrogen-bond donors (Lipinski definition) is 0. The van der Waals surface area contributed by atoms with Crippen LogP contribution in [0.5, 0.6) is 0 Å². The predicted molar refractivity (Wildman–Crippen MR) is 103 cm³/mol. The molecule has 0 saturated carbocycles. The molecule has 1 amide bonds. The largest absolute Gasteiger partial charge is 0.319 e. The standard InChI is InChI=1S/C17H15BrN2O3S2/c1-3-25(22,23)15-7-5-4-6-12(15)16(21)19-17-20(2)13-9-8-11(18)10-14(13)24-17/h4-10H,3H2,1-2H3. The topological polar surface area (TPSA) is 68.5 Å². The Labute approximate surface area is 157 Å². The molecule has 3 rings (SSSR count). The lowest BCUT2D eigenvalue weighted by Gasteiger charge is -2.05. The maximum atomic E-state index is 12.6. The Bertz CT molecular complexity index is 1140. The molecule has 0 aliphatic rings. The molecule has 25 heavy (non-hydrogen) atoms. The summed E-state index contributed by atoms with van der Waals surface area (Å²) in [6.07, 6.45) is 0. The van der Waals surface area contributed by atoms with Crippen molar-refractivity contribution in [1.29, 1.82) is 0 Å². The van der Waals surface area contributed by atoms with Crippen molar-refractivity contribution in [2.75, 3.05) is 5.75 Å². The van der Waals surface area contributed by atoms with Crippen LogP contribution in [0.15, 0.2) is 56.8 Å². The highest BCUT2D eigenvalue weighted by Gasteiger charge is 2.20. The molecule has 0 radical (unpaired) electrons. The number of amides is 1. The number of aryl methyl sites for hydroxylation is 1. The second kappa shape index (κ2) is 6.86. The van der Waals surface area contributed by atoms with Crippen LogP contribution in [0.1, 0.15) is 17.3 Å². The zero-order chi connectivity index (χ0) is 18.2. The van der Waals surface area contributed by atoms with E-state index in [0.717, 1.165) is 14.7 Å². The number of carbonyl (C=O) groups excluding carboxylic acids is 1. The van der Waals surface area contributed by atoms with Gasteiger partial charge in [0.2, 0.25) is 0 Å². The van der Waals surface area contributed by atoms with Crippen molar-refractivity contribution in [3.8, 4) is 0 Å². The molecule has 0 saturated heterocycles. The summed E-state index contributed by atoms with van der Waals surface area (Å²) in [4.78, 5) is 17.4. The normalized spacial score (nSPS) is 12.7. The number of thiazole rings is 1. The monoisotopic (exact) mass is 438 g/mol. The quantitative estimate of drug-likeness (QED) is 0.627. The molecular weight excluding hydrogens is 424 g/mol. The van der Waals surface area contributed by atoms with Gasteiger partial charge in [0, 0.05) is 11.5 Å². The molecule has 2 aromatic carbocycles. The predicted octanol–water partition coefficient (Wildman–Crippen LogP) is 3.54. The van der Waals surface area contributed by atoms with Gasteiger partial charge in [-0.25, -0.2) is 8.42 Å². The number of halogens is 1. The molecule has 0 bridgehead atoms. The summed E-state index contributed by atoms with van der Waals surface area (Å²) < 4.78 is 28.2. The molecule has 5 nitrogen and oxygen atoms in total. The molecule has 130 valence electrons. The van der Waals surface area contributed by atoms with Crippen LogP contribution in [0.3, 0.4) is 0 Å². The maximum Gasteiger partial charge on any atom is 0.280 e. The number of rotatable bonds is 3. The summed E-state index contributed by atoms with van der Waals surface area (Å²) in [5.74, 6) is -0.629. The highest BCUT2D eigenvalue weighted by Crippen LogP contribution is 2.22. The molecular formula is C17H15BrN2O3S2. The maximum absolute atomic E-state index is 12.6. The Morgan fingerprint density at radius 1 is 1.24 bits per heavy atom. The minimum Gasteiger partial charge on any atom is -0.319 e. The van der Waals surface area contributed by atoms with E-state index < -0.39 is 15.7 Å². The van der Waals surface area contributed by atoms with Crippen LogP contribution >= 0.6 is 27.3 Å². The lowest BCUT2D eigenvalue weighted by Crippen LogP contribution is -2.15. The van der Waals surface area contributed by atoms with E-state index in [-0.39, 0.29) is 16.2 Å². The van der Waals surface area contributed by atoms with Gasteiger partial charge >= 0.3 is 0 Å². The highest BCUT2D eigenvalue weighted by atomic mass is 79.9. The van der Waals surface area contributed by atoms with Gasteiger partial charge in [-0.3, -0.25) is 4.79 Å². The SMILES string of the molecule is CCS(=O)(=O)c1ccccc1C(=O)N=c1sc2cc(Br)ccc2n1C. The van der Waals surface area contributed by atoms with Gasteiger partial charge in [0.15, 0.2) is 14.6 Å². The number of benzene rings is 2. The third-order valence-electron chi connectivity index (χ3n) is 3.80. The summed E-state index contributed by atoms with van der Waals surface area (Å²) in [7, 11) is -1.67. The van der Waals surface area contributed by atoms with E-state index in [1.807, 2.05) is 29.8 Å². The zero-order valence-electron chi connectivity index (χ0n) is 13.6. The molecule has 1 heterocycles. The summed E-state index contributed by atoms with van der Waals surface area (Å²) in [6, 6.07) is 12.0. The van der Waals surface area contributed by atoms with Crippen LogP contribution in [-0.2, 0) is 16.9 Å². The fourth-order valence-corrected chi connectivity index (χ4v) is 5.09. The average Bonchev–Trinajstić information content (AvgIpc) is 2.89. The van der Waals surface area contributed by atoms with E-state index >= 15 is 0 Å². The van der Waals surface area contributed by atoms with Crippen LogP contribution in [-0.4, -0.2) is 24.6 Å². The minimum atomic E-state index is -3.50. The second-order valence-electron chi connectivity index (χ2n) is 5.37. The van der Waals surface area contributed by atoms with Crippen molar-refractivity contribution in [3.05, 3.63) is 57.3 Å². The molecule has 0 unspecified atom stereocenters. The van der Waals surface area contributed by atoms with Crippen molar-refractivity contribution < 1.29 is 13.2 Å². The van der Waals surface area contributed by atoms with Crippen LogP contribution < -0.4 is 4.80 Å². The number of nitrogens with zero attached hydrogens (tertiary/aromatic N) is 2.